The minimum atomic E-state index is -0.950. The summed E-state index contributed by atoms with van der Waals surface area (Å²) in [6.07, 6.45) is 1.76. The Morgan fingerprint density at radius 1 is 1.62 bits per heavy atom. The smallest absolute Gasteiger partial charge is 0.341 e. The maximum atomic E-state index is 10.8. The van der Waals surface area contributed by atoms with Crippen molar-refractivity contribution in [3.8, 4) is 0 Å². The van der Waals surface area contributed by atoms with Gasteiger partial charge in [0.15, 0.2) is 5.65 Å². The number of imidazole rings is 1. The molecule has 0 fully saturated rings. The van der Waals surface area contributed by atoms with Crippen molar-refractivity contribution in [3.05, 3.63) is 23.1 Å². The van der Waals surface area contributed by atoms with Crippen molar-refractivity contribution in [2.45, 2.75) is 13.8 Å². The van der Waals surface area contributed by atoms with Gasteiger partial charge in [-0.2, -0.15) is 0 Å². The molecule has 2 aromatic heterocycles. The molecule has 0 aliphatic carbocycles. The fourth-order valence-corrected chi connectivity index (χ4v) is 1.42. The largest absolute Gasteiger partial charge is 0.477 e. The van der Waals surface area contributed by atoms with Gasteiger partial charge in [-0.1, -0.05) is 0 Å². The van der Waals surface area contributed by atoms with Crippen molar-refractivity contribution in [3.63, 3.8) is 0 Å². The number of H-pyrrole nitrogens is 1. The van der Waals surface area contributed by atoms with Crippen LogP contribution in [0.3, 0.4) is 0 Å². The van der Waals surface area contributed by atoms with Gasteiger partial charge in [0.2, 0.25) is 0 Å². The number of aromatic amines is 1. The standard InChI is InChI=1S/C8H9N3O2/c1-4-3-11-7(9-4)6(8(12)13)5(2)10-11/h3,10H,1-2H3,(H,12,13). The Labute approximate surface area is 74.0 Å². The molecule has 0 bridgehead atoms. The second-order valence-corrected chi connectivity index (χ2v) is 2.99. The topological polar surface area (TPSA) is 70.4 Å². The average Bonchev–Trinajstić information content (AvgIpc) is 2.41. The average molecular weight is 179 g/mol. The first-order chi connectivity index (χ1) is 6.09. The van der Waals surface area contributed by atoms with Crippen LogP contribution >= 0.6 is 0 Å². The van der Waals surface area contributed by atoms with Gasteiger partial charge in [-0.15, -0.1) is 0 Å². The van der Waals surface area contributed by atoms with Gasteiger partial charge in [-0.3, -0.25) is 5.10 Å². The molecule has 68 valence electrons. The van der Waals surface area contributed by atoms with Crippen LogP contribution in [0.2, 0.25) is 0 Å². The predicted molar refractivity (Wildman–Crippen MR) is 46.0 cm³/mol. The minimum absolute atomic E-state index is 0.244. The van der Waals surface area contributed by atoms with E-state index in [0.29, 0.717) is 11.3 Å². The predicted octanol–water partition coefficient (Wildman–Crippen LogP) is 0.977. The molecule has 0 saturated carbocycles. The minimum Gasteiger partial charge on any atom is -0.477 e. The van der Waals surface area contributed by atoms with Gasteiger partial charge in [0.25, 0.3) is 0 Å². The van der Waals surface area contributed by atoms with E-state index < -0.39 is 5.97 Å². The maximum Gasteiger partial charge on any atom is 0.341 e. The van der Waals surface area contributed by atoms with Crippen LogP contribution in [0.4, 0.5) is 0 Å². The van der Waals surface area contributed by atoms with E-state index in [1.165, 1.54) is 0 Å². The molecule has 0 spiro atoms. The van der Waals surface area contributed by atoms with Crippen molar-refractivity contribution in [2.75, 3.05) is 0 Å². The van der Waals surface area contributed by atoms with E-state index in [-0.39, 0.29) is 5.56 Å². The third kappa shape index (κ3) is 1.00. The van der Waals surface area contributed by atoms with E-state index in [9.17, 15) is 4.79 Å². The zero-order valence-electron chi connectivity index (χ0n) is 7.33. The van der Waals surface area contributed by atoms with Crippen molar-refractivity contribution in [1.29, 1.82) is 0 Å². The van der Waals surface area contributed by atoms with E-state index in [0.717, 1.165) is 5.69 Å². The number of carbonyl (C=O) groups is 1. The monoisotopic (exact) mass is 179 g/mol. The summed E-state index contributed by atoms with van der Waals surface area (Å²) in [5.74, 6) is -0.950. The quantitative estimate of drug-likeness (QED) is 0.685. The van der Waals surface area contributed by atoms with E-state index in [4.69, 9.17) is 5.11 Å². The number of aromatic nitrogens is 3. The van der Waals surface area contributed by atoms with Crippen molar-refractivity contribution >= 4 is 11.6 Å². The summed E-state index contributed by atoms with van der Waals surface area (Å²) >= 11 is 0. The van der Waals surface area contributed by atoms with Crippen LogP contribution in [0.5, 0.6) is 0 Å². The van der Waals surface area contributed by atoms with Crippen LogP contribution in [-0.4, -0.2) is 25.7 Å². The van der Waals surface area contributed by atoms with Crippen molar-refractivity contribution in [2.24, 2.45) is 0 Å². The van der Waals surface area contributed by atoms with Crippen LogP contribution in [0.15, 0.2) is 6.20 Å². The number of rotatable bonds is 1. The summed E-state index contributed by atoms with van der Waals surface area (Å²) in [6, 6.07) is 0. The Hall–Kier alpha value is -1.78. The van der Waals surface area contributed by atoms with Gasteiger partial charge in [0.05, 0.1) is 5.69 Å². The Balaban J connectivity index is 2.83. The second kappa shape index (κ2) is 2.35. The summed E-state index contributed by atoms with van der Waals surface area (Å²) in [6.45, 7) is 3.54. The molecule has 5 nitrogen and oxygen atoms in total. The molecule has 0 aromatic carbocycles. The normalized spacial score (nSPS) is 10.9. The van der Waals surface area contributed by atoms with Gasteiger partial charge in [-0.05, 0) is 13.8 Å². The number of fused-ring (bicyclic) bond motifs is 1. The van der Waals surface area contributed by atoms with E-state index in [2.05, 4.69) is 10.1 Å². The Kier molecular flexibility index (Phi) is 1.42. The molecule has 0 saturated heterocycles. The number of hydrogen-bond acceptors (Lipinski definition) is 2. The van der Waals surface area contributed by atoms with Crippen LogP contribution in [0.25, 0.3) is 5.65 Å². The zero-order valence-corrected chi connectivity index (χ0v) is 7.33. The van der Waals surface area contributed by atoms with Gasteiger partial charge in [-0.25, -0.2) is 14.3 Å². The lowest BCUT2D eigenvalue weighted by atomic mass is 10.2. The number of aryl methyl sites for hydroxylation is 2. The summed E-state index contributed by atoms with van der Waals surface area (Å²) in [5.41, 5.74) is 2.14. The Bertz CT molecular complexity index is 481. The summed E-state index contributed by atoms with van der Waals surface area (Å²) < 4.78 is 1.62. The van der Waals surface area contributed by atoms with Crippen LogP contribution < -0.4 is 0 Å². The molecule has 0 aliphatic heterocycles. The van der Waals surface area contributed by atoms with Gasteiger partial charge in [0, 0.05) is 11.9 Å². The lowest BCUT2D eigenvalue weighted by Gasteiger charge is -1.88. The van der Waals surface area contributed by atoms with Gasteiger partial charge >= 0.3 is 5.97 Å². The molecule has 2 heterocycles. The van der Waals surface area contributed by atoms with Crippen LogP contribution in [-0.2, 0) is 0 Å². The number of nitrogens with zero attached hydrogens (tertiary/aromatic N) is 2. The Morgan fingerprint density at radius 3 is 2.92 bits per heavy atom. The molecule has 5 heteroatoms. The fourth-order valence-electron chi connectivity index (χ4n) is 1.42. The highest BCUT2D eigenvalue weighted by Gasteiger charge is 2.16. The molecule has 2 N–H and O–H groups in total. The van der Waals surface area contributed by atoms with Crippen LogP contribution in [0.1, 0.15) is 21.7 Å². The van der Waals surface area contributed by atoms with E-state index in [1.54, 1.807) is 17.6 Å². The highest BCUT2D eigenvalue weighted by Crippen LogP contribution is 2.14. The number of nitrogens with one attached hydrogen (secondary N) is 1. The van der Waals surface area contributed by atoms with Crippen molar-refractivity contribution in [1.82, 2.24) is 14.6 Å². The number of carboxylic acid groups (broad SMARTS) is 1. The maximum absolute atomic E-state index is 10.8. The lowest BCUT2D eigenvalue weighted by Crippen LogP contribution is -1.97. The Morgan fingerprint density at radius 2 is 2.31 bits per heavy atom. The number of carboxylic acids is 1. The highest BCUT2D eigenvalue weighted by molar-refractivity contribution is 5.95. The van der Waals surface area contributed by atoms with Gasteiger partial charge < -0.3 is 5.11 Å². The first kappa shape index (κ1) is 7.85. The SMILES string of the molecule is Cc1cn2[nH]c(C)c(C(=O)O)c2n1. The molecule has 0 radical (unpaired) electrons. The summed E-state index contributed by atoms with van der Waals surface area (Å²) in [5, 5.41) is 11.8. The van der Waals surface area contributed by atoms with Gasteiger partial charge in [0.1, 0.15) is 5.56 Å². The first-order valence-electron chi connectivity index (χ1n) is 3.87. The molecule has 0 amide bonds. The third-order valence-electron chi connectivity index (χ3n) is 1.93. The first-order valence-corrected chi connectivity index (χ1v) is 3.87. The van der Waals surface area contributed by atoms with Crippen LogP contribution in [0, 0.1) is 13.8 Å². The van der Waals surface area contributed by atoms with E-state index >= 15 is 0 Å². The molecule has 0 unspecified atom stereocenters. The molecule has 0 aliphatic rings. The molecule has 13 heavy (non-hydrogen) atoms. The third-order valence-corrected chi connectivity index (χ3v) is 1.93. The molecule has 0 atom stereocenters. The molecule has 2 aromatic rings. The molecule has 2 rings (SSSR count). The molecular weight excluding hydrogens is 170 g/mol. The summed E-state index contributed by atoms with van der Waals surface area (Å²) in [7, 11) is 0. The lowest BCUT2D eigenvalue weighted by molar-refractivity contribution is 0.0698. The second-order valence-electron chi connectivity index (χ2n) is 2.99. The number of aromatic carboxylic acids is 1. The van der Waals surface area contributed by atoms with E-state index in [1.807, 2.05) is 6.92 Å². The highest BCUT2D eigenvalue weighted by atomic mass is 16.4. The molecular formula is C8H9N3O2. The zero-order chi connectivity index (χ0) is 9.59. The van der Waals surface area contributed by atoms with Crippen molar-refractivity contribution < 1.29 is 9.90 Å². The number of hydrogen-bond donors (Lipinski definition) is 2. The fraction of sp³-hybridized carbons (Fsp3) is 0.250. The summed E-state index contributed by atoms with van der Waals surface area (Å²) in [4.78, 5) is 14.9.